The lowest BCUT2D eigenvalue weighted by molar-refractivity contribution is 0.386. The van der Waals surface area contributed by atoms with Crippen LogP contribution >= 0.6 is 11.8 Å². The predicted molar refractivity (Wildman–Crippen MR) is 66.4 cm³/mol. The molecule has 4 heteroatoms. The van der Waals surface area contributed by atoms with Crippen LogP contribution in [-0.4, -0.2) is 25.5 Å². The van der Waals surface area contributed by atoms with Crippen LogP contribution in [0.1, 0.15) is 12.8 Å². The lowest BCUT2D eigenvalue weighted by Gasteiger charge is -2.32. The Morgan fingerprint density at radius 3 is 2.56 bits per heavy atom. The Balaban J connectivity index is 2.07. The second-order valence-corrected chi connectivity index (χ2v) is 5.33. The van der Waals surface area contributed by atoms with Gasteiger partial charge in [0.2, 0.25) is 0 Å². The Hall–Kier alpha value is -0.870. The summed E-state index contributed by atoms with van der Waals surface area (Å²) in [5.74, 6) is 1.70. The molecule has 0 aliphatic heterocycles. The van der Waals surface area contributed by atoms with Gasteiger partial charge in [-0.05, 0) is 25.0 Å². The van der Waals surface area contributed by atoms with Gasteiger partial charge in [-0.1, -0.05) is 0 Å². The van der Waals surface area contributed by atoms with Gasteiger partial charge >= 0.3 is 0 Å². The number of nitrogens with two attached hydrogens (primary N) is 1. The summed E-state index contributed by atoms with van der Waals surface area (Å²) in [5.41, 5.74) is 5.77. The van der Waals surface area contributed by atoms with Crippen molar-refractivity contribution in [3.05, 3.63) is 18.2 Å². The van der Waals surface area contributed by atoms with E-state index in [1.165, 1.54) is 4.90 Å². The molecule has 1 aliphatic carbocycles. The molecular weight excluding hydrogens is 222 g/mol. The minimum atomic E-state index is 0.391. The number of thioether (sulfide) groups is 1. The summed E-state index contributed by atoms with van der Waals surface area (Å²) in [6.07, 6.45) is 2.19. The van der Waals surface area contributed by atoms with Crippen LogP contribution < -0.4 is 15.2 Å². The van der Waals surface area contributed by atoms with E-state index in [0.29, 0.717) is 11.3 Å². The molecule has 1 saturated carbocycles. The van der Waals surface area contributed by atoms with Crippen LogP contribution in [0.25, 0.3) is 0 Å². The quantitative estimate of drug-likeness (QED) is 0.875. The SMILES string of the molecule is COc1ccc(SC2CC(N)C2)c(OC)c1. The molecule has 0 bridgehead atoms. The molecule has 0 unspecified atom stereocenters. The van der Waals surface area contributed by atoms with Crippen LogP contribution in [0.15, 0.2) is 23.1 Å². The lowest BCUT2D eigenvalue weighted by atomic mass is 9.94. The fourth-order valence-electron chi connectivity index (χ4n) is 1.75. The van der Waals surface area contributed by atoms with Crippen molar-refractivity contribution < 1.29 is 9.47 Å². The number of rotatable bonds is 4. The second kappa shape index (κ2) is 4.97. The molecular formula is C12H17NO2S. The van der Waals surface area contributed by atoms with Gasteiger partial charge in [-0.15, -0.1) is 11.8 Å². The zero-order valence-electron chi connectivity index (χ0n) is 9.60. The van der Waals surface area contributed by atoms with Gasteiger partial charge in [0.25, 0.3) is 0 Å². The Kier molecular flexibility index (Phi) is 3.61. The van der Waals surface area contributed by atoms with Gasteiger partial charge in [-0.2, -0.15) is 0 Å². The highest BCUT2D eigenvalue weighted by Crippen LogP contribution is 2.41. The van der Waals surface area contributed by atoms with Crippen molar-refractivity contribution in [1.82, 2.24) is 0 Å². The van der Waals surface area contributed by atoms with Gasteiger partial charge in [0.05, 0.1) is 14.2 Å². The zero-order valence-corrected chi connectivity index (χ0v) is 10.4. The van der Waals surface area contributed by atoms with Gasteiger partial charge in [-0.3, -0.25) is 0 Å². The van der Waals surface area contributed by atoms with Crippen molar-refractivity contribution in [1.29, 1.82) is 0 Å². The van der Waals surface area contributed by atoms with Crippen molar-refractivity contribution in [3.63, 3.8) is 0 Å². The van der Waals surface area contributed by atoms with Gasteiger partial charge in [0.15, 0.2) is 0 Å². The maximum Gasteiger partial charge on any atom is 0.136 e. The topological polar surface area (TPSA) is 44.5 Å². The summed E-state index contributed by atoms with van der Waals surface area (Å²) >= 11 is 1.84. The molecule has 1 aromatic rings. The molecule has 0 atom stereocenters. The van der Waals surface area contributed by atoms with Crippen LogP contribution in [-0.2, 0) is 0 Å². The second-order valence-electron chi connectivity index (χ2n) is 3.99. The molecule has 1 fully saturated rings. The zero-order chi connectivity index (χ0) is 11.5. The highest BCUT2D eigenvalue weighted by molar-refractivity contribution is 8.00. The first-order valence-electron chi connectivity index (χ1n) is 5.37. The summed E-state index contributed by atoms with van der Waals surface area (Å²) in [6.45, 7) is 0. The Morgan fingerprint density at radius 2 is 2.00 bits per heavy atom. The van der Waals surface area contributed by atoms with Gasteiger partial charge < -0.3 is 15.2 Å². The van der Waals surface area contributed by atoms with E-state index >= 15 is 0 Å². The summed E-state index contributed by atoms with van der Waals surface area (Å²) in [5, 5.41) is 0.636. The Bertz CT molecular complexity index is 364. The van der Waals surface area contributed by atoms with Crippen molar-refractivity contribution in [2.24, 2.45) is 5.73 Å². The molecule has 1 aromatic carbocycles. The first-order valence-corrected chi connectivity index (χ1v) is 6.25. The van der Waals surface area contributed by atoms with Gasteiger partial charge in [-0.25, -0.2) is 0 Å². The monoisotopic (exact) mass is 239 g/mol. The van der Waals surface area contributed by atoms with Crippen LogP contribution in [0.3, 0.4) is 0 Å². The number of ether oxygens (including phenoxy) is 2. The van der Waals surface area contributed by atoms with Crippen LogP contribution in [0.5, 0.6) is 11.5 Å². The Morgan fingerprint density at radius 1 is 1.25 bits per heavy atom. The molecule has 0 radical (unpaired) electrons. The number of hydrogen-bond acceptors (Lipinski definition) is 4. The van der Waals surface area contributed by atoms with E-state index in [0.717, 1.165) is 24.3 Å². The fourth-order valence-corrected chi connectivity index (χ4v) is 3.21. The third-order valence-corrected chi connectivity index (χ3v) is 4.11. The van der Waals surface area contributed by atoms with E-state index in [1.807, 2.05) is 30.0 Å². The maximum atomic E-state index is 5.77. The molecule has 0 aromatic heterocycles. The van der Waals surface area contributed by atoms with Crippen molar-refractivity contribution in [2.75, 3.05) is 14.2 Å². The van der Waals surface area contributed by atoms with E-state index in [9.17, 15) is 0 Å². The normalized spacial score (nSPS) is 23.7. The molecule has 0 amide bonds. The first kappa shape index (κ1) is 11.6. The van der Waals surface area contributed by atoms with Crippen molar-refractivity contribution >= 4 is 11.8 Å². The highest BCUT2D eigenvalue weighted by Gasteiger charge is 2.27. The maximum absolute atomic E-state index is 5.77. The molecule has 2 rings (SSSR count). The molecule has 88 valence electrons. The predicted octanol–water partition coefficient (Wildman–Crippen LogP) is 2.29. The minimum absolute atomic E-state index is 0.391. The van der Waals surface area contributed by atoms with E-state index in [-0.39, 0.29) is 0 Å². The largest absolute Gasteiger partial charge is 0.497 e. The molecule has 0 spiro atoms. The average Bonchev–Trinajstić information content (AvgIpc) is 2.27. The standard InChI is InChI=1S/C12H17NO2S/c1-14-9-3-4-12(11(7-9)15-2)16-10-5-8(13)6-10/h3-4,7-8,10H,5-6,13H2,1-2H3. The molecule has 16 heavy (non-hydrogen) atoms. The van der Waals surface area contributed by atoms with Gasteiger partial charge in [0, 0.05) is 22.3 Å². The number of benzene rings is 1. The van der Waals surface area contributed by atoms with Crippen molar-refractivity contribution in [3.8, 4) is 11.5 Å². The summed E-state index contributed by atoms with van der Waals surface area (Å²) in [6, 6.07) is 6.32. The van der Waals surface area contributed by atoms with E-state index in [1.54, 1.807) is 14.2 Å². The van der Waals surface area contributed by atoms with Gasteiger partial charge in [0.1, 0.15) is 11.5 Å². The minimum Gasteiger partial charge on any atom is -0.497 e. The molecule has 1 aliphatic rings. The smallest absolute Gasteiger partial charge is 0.136 e. The molecule has 2 N–H and O–H groups in total. The van der Waals surface area contributed by atoms with Crippen LogP contribution in [0.4, 0.5) is 0 Å². The first-order chi connectivity index (χ1) is 7.72. The summed E-state index contributed by atoms with van der Waals surface area (Å²) < 4.78 is 10.5. The third kappa shape index (κ3) is 2.44. The fraction of sp³-hybridized carbons (Fsp3) is 0.500. The lowest BCUT2D eigenvalue weighted by Crippen LogP contribution is -2.38. The number of methoxy groups -OCH3 is 2. The van der Waals surface area contributed by atoms with Crippen LogP contribution in [0, 0.1) is 0 Å². The molecule has 0 saturated heterocycles. The van der Waals surface area contributed by atoms with E-state index in [4.69, 9.17) is 15.2 Å². The van der Waals surface area contributed by atoms with Crippen LogP contribution in [0.2, 0.25) is 0 Å². The third-order valence-electron chi connectivity index (χ3n) is 2.80. The molecule has 3 nitrogen and oxygen atoms in total. The summed E-state index contributed by atoms with van der Waals surface area (Å²) in [7, 11) is 3.35. The van der Waals surface area contributed by atoms with E-state index < -0.39 is 0 Å². The molecule has 0 heterocycles. The highest BCUT2D eigenvalue weighted by atomic mass is 32.2. The average molecular weight is 239 g/mol. The number of hydrogen-bond donors (Lipinski definition) is 1. The van der Waals surface area contributed by atoms with Crippen molar-refractivity contribution in [2.45, 2.75) is 29.0 Å². The summed E-state index contributed by atoms with van der Waals surface area (Å²) in [4.78, 5) is 1.17. The van der Waals surface area contributed by atoms with E-state index in [2.05, 4.69) is 0 Å². The Labute approximate surface area is 100 Å².